The lowest BCUT2D eigenvalue weighted by Gasteiger charge is -2.33. The number of aliphatic carboxylic acids is 1. The summed E-state index contributed by atoms with van der Waals surface area (Å²) in [6.45, 7) is 0.741. The van der Waals surface area contributed by atoms with E-state index < -0.39 is 5.97 Å². The molecule has 2 N–H and O–H groups in total. The lowest BCUT2D eigenvalue weighted by Crippen LogP contribution is -2.50. The van der Waals surface area contributed by atoms with Crippen LogP contribution >= 0.6 is 0 Å². The van der Waals surface area contributed by atoms with E-state index in [1.807, 2.05) is 23.1 Å². The molecule has 5 heteroatoms. The van der Waals surface area contributed by atoms with Crippen molar-refractivity contribution in [2.75, 3.05) is 6.54 Å². The molecule has 0 saturated heterocycles. The van der Waals surface area contributed by atoms with Crippen LogP contribution in [0.15, 0.2) is 30.3 Å². The number of carboxylic acid groups (broad SMARTS) is 1. The molecule has 142 valence electrons. The average molecular weight is 358 g/mol. The van der Waals surface area contributed by atoms with E-state index in [-0.39, 0.29) is 18.0 Å². The molecule has 1 aromatic rings. The SMILES string of the molecule is O=C(O)C1CCC(NC(=O)N(CCc2ccccc2)C2CCCC2)CC1. The quantitative estimate of drug-likeness (QED) is 0.812. The van der Waals surface area contributed by atoms with Crippen LogP contribution in [0.5, 0.6) is 0 Å². The molecular weight excluding hydrogens is 328 g/mol. The van der Waals surface area contributed by atoms with E-state index in [0.717, 1.165) is 38.6 Å². The molecule has 0 heterocycles. The highest BCUT2D eigenvalue weighted by Crippen LogP contribution is 2.26. The van der Waals surface area contributed by atoms with Gasteiger partial charge in [0.1, 0.15) is 0 Å². The van der Waals surface area contributed by atoms with Gasteiger partial charge in [-0.2, -0.15) is 0 Å². The Kier molecular flexibility index (Phi) is 6.53. The van der Waals surface area contributed by atoms with Gasteiger partial charge in [-0.15, -0.1) is 0 Å². The standard InChI is InChI=1S/C21H30N2O3/c24-20(25)17-10-12-18(13-11-17)22-21(26)23(19-8-4-5-9-19)15-14-16-6-2-1-3-7-16/h1-3,6-7,17-19H,4-5,8-15H2,(H,22,26)(H,24,25). The van der Waals surface area contributed by atoms with Crippen molar-refractivity contribution in [3.8, 4) is 0 Å². The van der Waals surface area contributed by atoms with Crippen LogP contribution in [-0.4, -0.2) is 40.6 Å². The molecular formula is C21H30N2O3. The molecule has 0 atom stereocenters. The molecule has 0 aromatic heterocycles. The van der Waals surface area contributed by atoms with Crippen LogP contribution in [0.4, 0.5) is 4.79 Å². The van der Waals surface area contributed by atoms with Crippen molar-refractivity contribution in [3.05, 3.63) is 35.9 Å². The third kappa shape index (κ3) is 4.99. The highest BCUT2D eigenvalue weighted by molar-refractivity contribution is 5.75. The Morgan fingerprint density at radius 2 is 1.65 bits per heavy atom. The van der Waals surface area contributed by atoms with Gasteiger partial charge in [0.05, 0.1) is 5.92 Å². The van der Waals surface area contributed by atoms with Crippen molar-refractivity contribution >= 4 is 12.0 Å². The van der Waals surface area contributed by atoms with Gasteiger partial charge in [-0.05, 0) is 50.5 Å². The molecule has 0 bridgehead atoms. The normalized spacial score (nSPS) is 23.5. The second-order valence-electron chi connectivity index (χ2n) is 7.70. The zero-order chi connectivity index (χ0) is 18.4. The molecule has 0 spiro atoms. The maximum absolute atomic E-state index is 12.9. The summed E-state index contributed by atoms with van der Waals surface area (Å²) in [5.41, 5.74) is 1.25. The van der Waals surface area contributed by atoms with Crippen LogP contribution in [0.25, 0.3) is 0 Å². The molecule has 2 amide bonds. The van der Waals surface area contributed by atoms with Gasteiger partial charge >= 0.3 is 12.0 Å². The van der Waals surface area contributed by atoms with Crippen molar-refractivity contribution < 1.29 is 14.7 Å². The summed E-state index contributed by atoms with van der Waals surface area (Å²) in [6.07, 6.45) is 8.30. The van der Waals surface area contributed by atoms with Crippen LogP contribution < -0.4 is 5.32 Å². The summed E-state index contributed by atoms with van der Waals surface area (Å²) in [5.74, 6) is -0.947. The Bertz CT molecular complexity index is 591. The Morgan fingerprint density at radius 3 is 2.27 bits per heavy atom. The number of carboxylic acids is 1. The van der Waals surface area contributed by atoms with Crippen molar-refractivity contribution in [2.45, 2.75) is 69.9 Å². The van der Waals surface area contributed by atoms with Gasteiger partial charge < -0.3 is 15.3 Å². The van der Waals surface area contributed by atoms with E-state index in [2.05, 4.69) is 17.4 Å². The lowest BCUT2D eigenvalue weighted by atomic mass is 9.86. The van der Waals surface area contributed by atoms with Crippen molar-refractivity contribution in [3.63, 3.8) is 0 Å². The number of hydrogen-bond donors (Lipinski definition) is 2. The summed E-state index contributed by atoms with van der Waals surface area (Å²) in [7, 11) is 0. The van der Waals surface area contributed by atoms with Crippen molar-refractivity contribution in [2.24, 2.45) is 5.92 Å². The lowest BCUT2D eigenvalue weighted by molar-refractivity contribution is -0.142. The van der Waals surface area contributed by atoms with Crippen LogP contribution in [-0.2, 0) is 11.2 Å². The van der Waals surface area contributed by atoms with E-state index >= 15 is 0 Å². The number of rotatable bonds is 6. The zero-order valence-electron chi connectivity index (χ0n) is 15.4. The number of urea groups is 1. The molecule has 2 saturated carbocycles. The number of amides is 2. The Morgan fingerprint density at radius 1 is 1.00 bits per heavy atom. The number of carbonyl (C=O) groups is 2. The molecule has 3 rings (SSSR count). The second-order valence-corrected chi connectivity index (χ2v) is 7.70. The first-order valence-electron chi connectivity index (χ1n) is 9.97. The van der Waals surface area contributed by atoms with E-state index in [1.165, 1.54) is 18.4 Å². The smallest absolute Gasteiger partial charge is 0.317 e. The highest BCUT2D eigenvalue weighted by atomic mass is 16.4. The molecule has 2 aliphatic carbocycles. The number of carbonyl (C=O) groups excluding carboxylic acids is 1. The van der Waals surface area contributed by atoms with Gasteiger partial charge in [-0.25, -0.2) is 4.79 Å². The Labute approximate surface area is 155 Å². The fourth-order valence-corrected chi connectivity index (χ4v) is 4.30. The number of nitrogens with zero attached hydrogens (tertiary/aromatic N) is 1. The third-order valence-corrected chi connectivity index (χ3v) is 5.91. The van der Waals surface area contributed by atoms with E-state index in [1.54, 1.807) is 0 Å². The zero-order valence-corrected chi connectivity index (χ0v) is 15.4. The molecule has 26 heavy (non-hydrogen) atoms. The first-order chi connectivity index (χ1) is 12.6. The van der Waals surface area contributed by atoms with E-state index in [4.69, 9.17) is 5.11 Å². The largest absolute Gasteiger partial charge is 0.481 e. The first-order valence-corrected chi connectivity index (χ1v) is 9.97. The molecule has 0 unspecified atom stereocenters. The molecule has 5 nitrogen and oxygen atoms in total. The number of hydrogen-bond acceptors (Lipinski definition) is 2. The van der Waals surface area contributed by atoms with E-state index in [0.29, 0.717) is 18.9 Å². The van der Waals surface area contributed by atoms with Crippen molar-refractivity contribution in [1.82, 2.24) is 10.2 Å². The second kappa shape index (κ2) is 9.06. The van der Waals surface area contributed by atoms with Gasteiger partial charge in [-0.3, -0.25) is 4.79 Å². The monoisotopic (exact) mass is 358 g/mol. The van der Waals surface area contributed by atoms with Crippen molar-refractivity contribution in [1.29, 1.82) is 0 Å². The molecule has 0 aliphatic heterocycles. The van der Waals surface area contributed by atoms with Gasteiger partial charge in [0.15, 0.2) is 0 Å². The fraction of sp³-hybridized carbons (Fsp3) is 0.619. The number of benzene rings is 1. The minimum absolute atomic E-state index is 0.0339. The van der Waals surface area contributed by atoms with Crippen LogP contribution in [0.1, 0.15) is 56.9 Å². The summed E-state index contributed by atoms with van der Waals surface area (Å²) < 4.78 is 0. The predicted octanol–water partition coefficient (Wildman–Crippen LogP) is 3.83. The van der Waals surface area contributed by atoms with Crippen LogP contribution in [0.3, 0.4) is 0 Å². The summed E-state index contributed by atoms with van der Waals surface area (Å²) in [4.78, 5) is 26.1. The van der Waals surface area contributed by atoms with E-state index in [9.17, 15) is 9.59 Å². The summed E-state index contributed by atoms with van der Waals surface area (Å²) in [6, 6.07) is 10.8. The maximum atomic E-state index is 12.9. The number of nitrogens with one attached hydrogen (secondary N) is 1. The average Bonchev–Trinajstić information content (AvgIpc) is 3.17. The summed E-state index contributed by atoms with van der Waals surface area (Å²) in [5, 5.41) is 12.3. The Hall–Kier alpha value is -2.04. The summed E-state index contributed by atoms with van der Waals surface area (Å²) >= 11 is 0. The Balaban J connectivity index is 1.55. The van der Waals surface area contributed by atoms with Gasteiger partial charge in [0, 0.05) is 18.6 Å². The topological polar surface area (TPSA) is 69.6 Å². The van der Waals surface area contributed by atoms with Gasteiger partial charge in [-0.1, -0.05) is 43.2 Å². The first kappa shape index (κ1) is 18.7. The maximum Gasteiger partial charge on any atom is 0.317 e. The molecule has 1 aromatic carbocycles. The van der Waals surface area contributed by atoms with Gasteiger partial charge in [0.25, 0.3) is 0 Å². The van der Waals surface area contributed by atoms with Crippen LogP contribution in [0, 0.1) is 5.92 Å². The van der Waals surface area contributed by atoms with Crippen LogP contribution in [0.2, 0.25) is 0 Å². The third-order valence-electron chi connectivity index (χ3n) is 5.91. The molecule has 2 aliphatic rings. The van der Waals surface area contributed by atoms with Gasteiger partial charge in [0.2, 0.25) is 0 Å². The minimum Gasteiger partial charge on any atom is -0.481 e. The molecule has 2 fully saturated rings. The fourth-order valence-electron chi connectivity index (χ4n) is 4.30. The highest BCUT2D eigenvalue weighted by Gasteiger charge is 2.30. The molecule has 0 radical (unpaired) electrons. The predicted molar refractivity (Wildman–Crippen MR) is 101 cm³/mol. The minimum atomic E-state index is -0.704.